The predicted molar refractivity (Wildman–Crippen MR) is 148 cm³/mol. The summed E-state index contributed by atoms with van der Waals surface area (Å²) in [4.78, 5) is 66.2. The summed E-state index contributed by atoms with van der Waals surface area (Å²) in [5.74, 6) is -2.92. The molecule has 39 heavy (non-hydrogen) atoms. The molecular formula is C30H40N4O5. The first-order valence-electron chi connectivity index (χ1n) is 13.8. The third-order valence-electron chi connectivity index (χ3n) is 7.50. The topological polar surface area (TPSA) is 125 Å². The van der Waals surface area contributed by atoms with Crippen LogP contribution in [0.3, 0.4) is 0 Å². The number of nitrogens with one attached hydrogen (secondary N) is 3. The molecule has 210 valence electrons. The van der Waals surface area contributed by atoms with Gasteiger partial charge in [0.2, 0.25) is 23.5 Å². The summed E-state index contributed by atoms with van der Waals surface area (Å²) in [5, 5.41) is 8.13. The van der Waals surface area contributed by atoms with Crippen LogP contribution in [0.4, 0.5) is 0 Å². The van der Waals surface area contributed by atoms with Gasteiger partial charge in [-0.3, -0.25) is 24.0 Å². The van der Waals surface area contributed by atoms with Crippen molar-refractivity contribution >= 4 is 29.4 Å². The van der Waals surface area contributed by atoms with Crippen LogP contribution in [0.1, 0.15) is 63.9 Å². The Balaban J connectivity index is 1.81. The molecule has 1 aromatic carbocycles. The number of amides is 4. The molecule has 0 radical (unpaired) electrons. The zero-order valence-electron chi connectivity index (χ0n) is 22.7. The van der Waals surface area contributed by atoms with Crippen molar-refractivity contribution < 1.29 is 24.0 Å². The number of hydrogen-bond donors (Lipinski definition) is 3. The van der Waals surface area contributed by atoms with Crippen LogP contribution in [-0.4, -0.2) is 52.9 Å². The minimum atomic E-state index is -1.20. The molecule has 3 unspecified atom stereocenters. The number of Topliss-reactive ketones (excluding diaryl/α,β-unsaturated/α-hetero) is 1. The second-order valence-corrected chi connectivity index (χ2v) is 10.4. The summed E-state index contributed by atoms with van der Waals surface area (Å²) in [6.07, 6.45) is 10.8. The lowest BCUT2D eigenvalue weighted by atomic mass is 9.84. The lowest BCUT2D eigenvalue weighted by molar-refractivity contribution is -0.142. The number of benzene rings is 1. The van der Waals surface area contributed by atoms with E-state index < -0.39 is 35.6 Å². The van der Waals surface area contributed by atoms with Gasteiger partial charge in [0.1, 0.15) is 6.04 Å². The third kappa shape index (κ3) is 8.90. The maximum absolute atomic E-state index is 13.7. The quantitative estimate of drug-likeness (QED) is 0.264. The maximum Gasteiger partial charge on any atom is 0.289 e. The lowest BCUT2D eigenvalue weighted by Gasteiger charge is -2.33. The van der Waals surface area contributed by atoms with Gasteiger partial charge in [-0.15, -0.1) is 0 Å². The summed E-state index contributed by atoms with van der Waals surface area (Å²) >= 11 is 0. The average molecular weight is 537 g/mol. The van der Waals surface area contributed by atoms with Crippen LogP contribution >= 0.6 is 0 Å². The molecule has 0 aromatic heterocycles. The molecule has 1 aliphatic carbocycles. The van der Waals surface area contributed by atoms with E-state index in [9.17, 15) is 24.0 Å². The molecule has 2 fully saturated rings. The highest BCUT2D eigenvalue weighted by Crippen LogP contribution is 2.29. The predicted octanol–water partition coefficient (Wildman–Crippen LogP) is 2.77. The van der Waals surface area contributed by atoms with Gasteiger partial charge in [-0.2, -0.15) is 0 Å². The first kappa shape index (κ1) is 29.8. The molecule has 4 amide bonds. The number of carbonyl (C=O) groups excluding carboxylic acids is 5. The Labute approximate surface area is 230 Å². The van der Waals surface area contributed by atoms with E-state index in [0.29, 0.717) is 19.4 Å². The first-order chi connectivity index (χ1) is 18.8. The second kappa shape index (κ2) is 15.0. The number of ketones is 1. The van der Waals surface area contributed by atoms with Gasteiger partial charge in [0.15, 0.2) is 0 Å². The van der Waals surface area contributed by atoms with E-state index in [4.69, 9.17) is 0 Å². The zero-order chi connectivity index (χ0) is 28.2. The first-order valence-corrected chi connectivity index (χ1v) is 13.8. The Morgan fingerprint density at radius 3 is 2.41 bits per heavy atom. The van der Waals surface area contributed by atoms with Crippen LogP contribution in [0, 0.1) is 11.8 Å². The highest BCUT2D eigenvalue weighted by Gasteiger charge is 2.37. The van der Waals surface area contributed by atoms with Crippen molar-refractivity contribution in [3.8, 4) is 0 Å². The Hall–Kier alpha value is -3.75. The second-order valence-electron chi connectivity index (χ2n) is 10.4. The third-order valence-corrected chi connectivity index (χ3v) is 7.50. The number of carbonyl (C=O) groups is 5. The molecule has 1 aromatic rings. The lowest BCUT2D eigenvalue weighted by Crippen LogP contribution is -2.54. The summed E-state index contributed by atoms with van der Waals surface area (Å²) in [7, 11) is 0. The molecule has 1 heterocycles. The van der Waals surface area contributed by atoms with Crippen LogP contribution in [0.2, 0.25) is 0 Å². The van der Waals surface area contributed by atoms with Crippen LogP contribution in [0.25, 0.3) is 0 Å². The van der Waals surface area contributed by atoms with Crippen molar-refractivity contribution in [3.63, 3.8) is 0 Å². The molecule has 0 bridgehead atoms. The van der Waals surface area contributed by atoms with Crippen LogP contribution in [-0.2, 0) is 30.5 Å². The average Bonchev–Trinajstić information content (AvgIpc) is 3.35. The Morgan fingerprint density at radius 1 is 1.08 bits per heavy atom. The van der Waals surface area contributed by atoms with Gasteiger partial charge in [0, 0.05) is 32.1 Å². The standard InChI is InChI=1S/C30H40N4O5/c1-3-4-17-34(21(2)35)26(18-22-11-7-5-8-12-22)29(38)33-25(19-24-15-16-31-28(24)37)27(36)30(39)32-20-23-13-9-6-10-14-23/h3-4,6,9-10,13-14,17,22,24-26H,1,5,7-8,11-12,15-16,18-20H2,2H3,(H,31,37)(H,32,39)(H,33,38)/b17-4-. The van der Waals surface area contributed by atoms with Gasteiger partial charge < -0.3 is 20.9 Å². The Morgan fingerprint density at radius 2 is 1.79 bits per heavy atom. The number of hydrogen-bond acceptors (Lipinski definition) is 5. The van der Waals surface area contributed by atoms with Gasteiger partial charge >= 0.3 is 0 Å². The molecule has 3 rings (SSSR count). The highest BCUT2D eigenvalue weighted by atomic mass is 16.2. The molecule has 3 atom stereocenters. The van der Waals surface area contributed by atoms with Gasteiger partial charge in [-0.25, -0.2) is 0 Å². The summed E-state index contributed by atoms with van der Waals surface area (Å²) < 4.78 is 0. The minimum absolute atomic E-state index is 0.00782. The molecule has 1 aliphatic heterocycles. The van der Waals surface area contributed by atoms with Crippen LogP contribution in [0.5, 0.6) is 0 Å². The van der Waals surface area contributed by atoms with Gasteiger partial charge in [-0.05, 0) is 36.8 Å². The van der Waals surface area contributed by atoms with E-state index in [1.54, 1.807) is 6.08 Å². The molecule has 3 N–H and O–H groups in total. The van der Waals surface area contributed by atoms with Gasteiger partial charge in [-0.1, -0.05) is 75.1 Å². The fraction of sp³-hybridized carbons (Fsp3) is 0.500. The fourth-order valence-electron chi connectivity index (χ4n) is 5.34. The molecule has 0 spiro atoms. The van der Waals surface area contributed by atoms with Gasteiger partial charge in [0.25, 0.3) is 5.91 Å². The number of allylic oxidation sites excluding steroid dienone is 2. The van der Waals surface area contributed by atoms with E-state index in [0.717, 1.165) is 37.7 Å². The zero-order valence-corrected chi connectivity index (χ0v) is 22.7. The molecule has 2 aliphatic rings. The van der Waals surface area contributed by atoms with E-state index in [1.165, 1.54) is 24.1 Å². The van der Waals surface area contributed by atoms with Gasteiger partial charge in [0.05, 0.1) is 6.04 Å². The fourth-order valence-corrected chi connectivity index (χ4v) is 5.34. The molecule has 9 heteroatoms. The smallest absolute Gasteiger partial charge is 0.289 e. The van der Waals surface area contributed by atoms with Crippen molar-refractivity contribution in [1.29, 1.82) is 0 Å². The Bertz CT molecular complexity index is 1060. The Kier molecular flexibility index (Phi) is 11.5. The van der Waals surface area contributed by atoms with Crippen LogP contribution < -0.4 is 16.0 Å². The maximum atomic E-state index is 13.7. The largest absolute Gasteiger partial charge is 0.356 e. The minimum Gasteiger partial charge on any atom is -0.356 e. The molecule has 1 saturated carbocycles. The molecule has 1 saturated heterocycles. The van der Waals surface area contributed by atoms with Crippen LogP contribution in [0.15, 0.2) is 55.3 Å². The van der Waals surface area contributed by atoms with E-state index in [2.05, 4.69) is 22.5 Å². The van der Waals surface area contributed by atoms with Crippen molar-refractivity contribution in [1.82, 2.24) is 20.9 Å². The van der Waals surface area contributed by atoms with Crippen molar-refractivity contribution in [3.05, 3.63) is 60.8 Å². The summed E-state index contributed by atoms with van der Waals surface area (Å²) in [6, 6.07) is 7.12. The van der Waals surface area contributed by atoms with E-state index >= 15 is 0 Å². The number of nitrogens with zero attached hydrogens (tertiary/aromatic N) is 1. The monoisotopic (exact) mass is 536 g/mol. The van der Waals surface area contributed by atoms with Crippen molar-refractivity contribution in [2.75, 3.05) is 6.54 Å². The van der Waals surface area contributed by atoms with E-state index in [-0.39, 0.29) is 30.7 Å². The van der Waals surface area contributed by atoms with Crippen molar-refractivity contribution in [2.24, 2.45) is 11.8 Å². The summed E-state index contributed by atoms with van der Waals surface area (Å²) in [5.41, 5.74) is 0.827. The SMILES string of the molecule is C=C/C=C\N(C(C)=O)C(CC1CCCCC1)C(=O)NC(CC1CCNC1=O)C(=O)C(=O)NCc1ccccc1. The molecule has 9 nitrogen and oxygen atoms in total. The summed E-state index contributed by atoms with van der Waals surface area (Å²) in [6.45, 7) is 5.68. The normalized spacial score (nSPS) is 19.1. The van der Waals surface area contributed by atoms with E-state index in [1.807, 2.05) is 30.3 Å². The molecular weight excluding hydrogens is 496 g/mol. The number of rotatable bonds is 13. The highest BCUT2D eigenvalue weighted by molar-refractivity contribution is 6.38. The van der Waals surface area contributed by atoms with Crippen molar-refractivity contribution in [2.45, 2.75) is 76.9 Å².